The summed E-state index contributed by atoms with van der Waals surface area (Å²) in [4.78, 5) is 0. The summed E-state index contributed by atoms with van der Waals surface area (Å²) >= 11 is 7.17. The molecule has 0 radical (unpaired) electrons. The van der Waals surface area contributed by atoms with Gasteiger partial charge in [-0.2, -0.15) is 5.10 Å². The summed E-state index contributed by atoms with van der Waals surface area (Å²) in [6.07, 6.45) is 1.23. The third-order valence-electron chi connectivity index (χ3n) is 6.38. The van der Waals surface area contributed by atoms with E-state index in [1.54, 1.807) is 0 Å². The predicted molar refractivity (Wildman–Crippen MR) is 78.1 cm³/mol. The predicted octanol–water partition coefficient (Wildman–Crippen LogP) is 1.46. The average molecular weight is 377 g/mol. The van der Waals surface area contributed by atoms with Crippen molar-refractivity contribution < 1.29 is 4.39 Å². The number of nitrogens with one attached hydrogen (secondary N) is 1. The minimum atomic E-state index is -0.977. The third kappa shape index (κ3) is 0.805. The van der Waals surface area contributed by atoms with E-state index in [2.05, 4.69) is 33.1 Å². The molecule has 9 atom stereocenters. The van der Waals surface area contributed by atoms with E-state index < -0.39 is 5.67 Å². The Kier molecular flexibility index (Phi) is 1.72. The maximum absolute atomic E-state index is 15.5. The molecule has 3 nitrogen and oxygen atoms in total. The molecule has 96 valence electrons. The van der Waals surface area contributed by atoms with Crippen molar-refractivity contribution in [2.24, 2.45) is 52.3 Å². The Bertz CT molecular complexity index is 523. The van der Waals surface area contributed by atoms with Crippen LogP contribution in [0.15, 0.2) is 5.10 Å². The number of halogens is 2. The molecule has 0 amide bonds. The number of alkyl halides is 2. The van der Waals surface area contributed by atoms with Gasteiger partial charge >= 0.3 is 0 Å². The fourth-order valence-corrected chi connectivity index (χ4v) is 8.30. The first-order valence-electron chi connectivity index (χ1n) is 6.52. The standard InChI is InChI=1S/C12H13FIN3S/c13-12-7-3-1-2-4(5(3)10(12)14)8(12)9(6(2)7)16-17-11(15)18/h2-8,10H,1H2,(H3,15,17,18)/b16-9+. The fourth-order valence-electron chi connectivity index (χ4n) is 6.44. The van der Waals surface area contributed by atoms with Crippen LogP contribution in [0.2, 0.25) is 0 Å². The number of hydrogen-bond acceptors (Lipinski definition) is 2. The van der Waals surface area contributed by atoms with Gasteiger partial charge in [-0.3, -0.25) is 5.43 Å². The van der Waals surface area contributed by atoms with Crippen LogP contribution in [-0.2, 0) is 0 Å². The summed E-state index contributed by atoms with van der Waals surface area (Å²) in [5, 5.41) is 4.56. The lowest BCUT2D eigenvalue weighted by molar-refractivity contribution is 0.0218. The molecule has 0 spiro atoms. The van der Waals surface area contributed by atoms with Crippen molar-refractivity contribution in [2.75, 3.05) is 0 Å². The van der Waals surface area contributed by atoms with Crippen molar-refractivity contribution in [1.82, 2.24) is 5.43 Å². The third-order valence-corrected chi connectivity index (χ3v) is 8.25. The lowest BCUT2D eigenvalue weighted by atomic mass is 9.70. The van der Waals surface area contributed by atoms with Gasteiger partial charge < -0.3 is 5.73 Å². The van der Waals surface area contributed by atoms with Crippen molar-refractivity contribution in [3.05, 3.63) is 0 Å². The van der Waals surface area contributed by atoms with E-state index in [4.69, 9.17) is 18.0 Å². The van der Waals surface area contributed by atoms with E-state index in [1.165, 1.54) is 6.42 Å². The van der Waals surface area contributed by atoms with Crippen LogP contribution in [0.4, 0.5) is 4.39 Å². The number of rotatable bonds is 1. The Morgan fingerprint density at radius 1 is 1.50 bits per heavy atom. The minimum Gasteiger partial charge on any atom is -0.375 e. The summed E-state index contributed by atoms with van der Waals surface area (Å²) in [5.41, 5.74) is 8.20. The Morgan fingerprint density at radius 2 is 2.28 bits per heavy atom. The molecule has 3 N–H and O–H groups in total. The van der Waals surface area contributed by atoms with E-state index in [0.29, 0.717) is 29.6 Å². The van der Waals surface area contributed by atoms with Crippen LogP contribution in [0.3, 0.4) is 0 Å². The van der Waals surface area contributed by atoms with Gasteiger partial charge in [0.25, 0.3) is 0 Å². The van der Waals surface area contributed by atoms with Gasteiger partial charge in [0.05, 0.1) is 0 Å². The fraction of sp³-hybridized carbons (Fsp3) is 0.833. The first-order valence-corrected chi connectivity index (χ1v) is 8.18. The van der Waals surface area contributed by atoms with E-state index in [9.17, 15) is 0 Å². The van der Waals surface area contributed by atoms with Crippen LogP contribution in [0.25, 0.3) is 0 Å². The van der Waals surface area contributed by atoms with Crippen LogP contribution in [0.5, 0.6) is 0 Å². The van der Waals surface area contributed by atoms with Crippen molar-refractivity contribution in [3.8, 4) is 0 Å². The molecule has 9 unspecified atom stereocenters. The van der Waals surface area contributed by atoms with Gasteiger partial charge in [0.1, 0.15) is 5.67 Å². The SMILES string of the molecule is NC(=S)N/N=C1\C2C3CC4C5C3C1C(F)(C5I)C42. The topological polar surface area (TPSA) is 50.4 Å². The molecule has 0 aromatic rings. The molecular formula is C12H13FIN3S. The van der Waals surface area contributed by atoms with Crippen LogP contribution in [-0.4, -0.2) is 20.4 Å². The number of hydrogen-bond donors (Lipinski definition) is 2. The number of thiocarbonyl (C=S) groups is 1. The number of nitrogens with two attached hydrogens (primary N) is 1. The molecule has 0 saturated heterocycles. The molecule has 6 fully saturated rings. The zero-order valence-corrected chi connectivity index (χ0v) is 12.5. The minimum absolute atomic E-state index is 0.0602. The van der Waals surface area contributed by atoms with Gasteiger partial charge in [0, 0.05) is 27.4 Å². The molecule has 6 heteroatoms. The van der Waals surface area contributed by atoms with Crippen LogP contribution < -0.4 is 11.2 Å². The lowest BCUT2D eigenvalue weighted by Crippen LogP contribution is -2.42. The summed E-state index contributed by atoms with van der Waals surface area (Å²) in [5.74, 6) is 3.19. The maximum Gasteiger partial charge on any atom is 0.184 e. The van der Waals surface area contributed by atoms with E-state index >= 15 is 4.39 Å². The molecule has 6 saturated carbocycles. The van der Waals surface area contributed by atoms with E-state index in [-0.39, 0.29) is 20.9 Å². The van der Waals surface area contributed by atoms with Crippen LogP contribution in [0, 0.1) is 41.4 Å². The molecule has 6 bridgehead atoms. The zero-order valence-electron chi connectivity index (χ0n) is 9.51. The monoisotopic (exact) mass is 377 g/mol. The van der Waals surface area contributed by atoms with Crippen LogP contribution in [0.1, 0.15) is 6.42 Å². The highest BCUT2D eigenvalue weighted by Gasteiger charge is 2.89. The summed E-state index contributed by atoms with van der Waals surface area (Å²) < 4.78 is 15.7. The molecule has 0 aliphatic heterocycles. The molecular weight excluding hydrogens is 364 g/mol. The quantitative estimate of drug-likeness (QED) is 0.315. The Labute approximate surface area is 123 Å². The van der Waals surface area contributed by atoms with Crippen molar-refractivity contribution in [1.29, 1.82) is 0 Å². The molecule has 6 aliphatic rings. The van der Waals surface area contributed by atoms with Gasteiger partial charge in [-0.15, -0.1) is 0 Å². The van der Waals surface area contributed by atoms with Gasteiger partial charge in [-0.25, -0.2) is 4.39 Å². The van der Waals surface area contributed by atoms with Crippen molar-refractivity contribution in [2.45, 2.75) is 16.0 Å². The number of hydrazone groups is 1. The first-order chi connectivity index (χ1) is 8.56. The number of nitrogens with zero attached hydrogens (tertiary/aromatic N) is 1. The molecule has 0 aromatic carbocycles. The highest BCUT2D eigenvalue weighted by molar-refractivity contribution is 14.1. The second-order valence-electron chi connectivity index (χ2n) is 6.49. The van der Waals surface area contributed by atoms with Gasteiger partial charge in [-0.05, 0) is 42.3 Å². The smallest absolute Gasteiger partial charge is 0.184 e. The van der Waals surface area contributed by atoms with Gasteiger partial charge in [0.15, 0.2) is 5.11 Å². The van der Waals surface area contributed by atoms with E-state index in [0.717, 1.165) is 5.71 Å². The largest absolute Gasteiger partial charge is 0.375 e. The summed E-state index contributed by atoms with van der Waals surface area (Å²) in [6.45, 7) is 0. The molecule has 6 rings (SSSR count). The van der Waals surface area contributed by atoms with Gasteiger partial charge in [-0.1, -0.05) is 22.6 Å². The molecule has 0 aromatic heterocycles. The highest BCUT2D eigenvalue weighted by Crippen LogP contribution is 2.85. The molecule has 18 heavy (non-hydrogen) atoms. The Morgan fingerprint density at radius 3 is 2.94 bits per heavy atom. The maximum atomic E-state index is 15.5. The summed E-state index contributed by atoms with van der Waals surface area (Å²) in [7, 11) is 0. The summed E-state index contributed by atoms with van der Waals surface area (Å²) in [6, 6.07) is 0. The van der Waals surface area contributed by atoms with E-state index in [1.807, 2.05) is 0 Å². The average Bonchev–Trinajstić information content (AvgIpc) is 2.99. The second-order valence-corrected chi connectivity index (χ2v) is 8.27. The Hall–Kier alpha value is 0.0200. The first kappa shape index (κ1) is 10.8. The molecule has 0 heterocycles. The van der Waals surface area contributed by atoms with Crippen molar-refractivity contribution >= 4 is 45.6 Å². The normalized spacial score (nSPS) is 66.9. The van der Waals surface area contributed by atoms with Crippen LogP contribution >= 0.6 is 34.8 Å². The lowest BCUT2D eigenvalue weighted by Gasteiger charge is -2.36. The second kappa shape index (κ2) is 2.87. The zero-order chi connectivity index (χ0) is 12.4. The highest BCUT2D eigenvalue weighted by atomic mass is 127. The molecule has 6 aliphatic carbocycles. The van der Waals surface area contributed by atoms with Crippen molar-refractivity contribution in [3.63, 3.8) is 0 Å². The Balaban J connectivity index is 1.67. The van der Waals surface area contributed by atoms with Gasteiger partial charge in [0.2, 0.25) is 0 Å².